The highest BCUT2D eigenvalue weighted by atomic mass is 32.2. The second kappa shape index (κ2) is 15.2. The summed E-state index contributed by atoms with van der Waals surface area (Å²) < 4.78 is 31.8. The van der Waals surface area contributed by atoms with Crippen molar-refractivity contribution < 1.29 is 23.6 Å². The Hall–Kier alpha value is -4.59. The maximum atomic E-state index is 14.0. The number of imidazole rings is 1. The molecule has 5 heterocycles. The first-order chi connectivity index (χ1) is 26.5. The van der Waals surface area contributed by atoms with Crippen molar-refractivity contribution in [2.24, 2.45) is 11.8 Å². The predicted octanol–water partition coefficient (Wildman–Crippen LogP) is 7.11. The van der Waals surface area contributed by atoms with Gasteiger partial charge >= 0.3 is 6.09 Å². The number of methoxy groups -OCH3 is 1. The first-order valence-electron chi connectivity index (χ1n) is 19.5. The van der Waals surface area contributed by atoms with Crippen molar-refractivity contribution in [2.45, 2.75) is 96.2 Å². The molecule has 3 atom stereocenters. The van der Waals surface area contributed by atoms with Crippen LogP contribution in [0.15, 0.2) is 60.7 Å². The van der Waals surface area contributed by atoms with Gasteiger partial charge in [-0.05, 0) is 108 Å². The topological polar surface area (TPSA) is 138 Å². The van der Waals surface area contributed by atoms with Gasteiger partial charge in [0.2, 0.25) is 0 Å². The average Bonchev–Trinajstić information content (AvgIpc) is 4.12. The van der Waals surface area contributed by atoms with Gasteiger partial charge in [-0.25, -0.2) is 14.8 Å². The molecule has 1 aliphatic heterocycles. The fourth-order valence-corrected chi connectivity index (χ4v) is 8.46. The molecule has 12 nitrogen and oxygen atoms in total. The Balaban J connectivity index is 1.07. The molecule has 55 heavy (non-hydrogen) atoms. The van der Waals surface area contributed by atoms with E-state index in [0.29, 0.717) is 42.0 Å². The molecule has 2 N–H and O–H groups in total. The summed E-state index contributed by atoms with van der Waals surface area (Å²) in [7, 11) is 1.61. The number of carbonyl (C=O) groups excluding carboxylic acids is 2. The van der Waals surface area contributed by atoms with Crippen LogP contribution in [0.4, 0.5) is 4.79 Å². The van der Waals surface area contributed by atoms with E-state index in [0.717, 1.165) is 71.6 Å². The molecule has 290 valence electrons. The number of fused-ring (bicyclic) bond motifs is 2. The monoisotopic (exact) mass is 765 g/mol. The Labute approximate surface area is 325 Å². The van der Waals surface area contributed by atoms with Gasteiger partial charge in [0.15, 0.2) is 5.88 Å². The van der Waals surface area contributed by atoms with E-state index in [1.807, 2.05) is 68.5 Å². The lowest BCUT2D eigenvalue weighted by atomic mass is 10.0. The number of benzene rings is 1. The molecule has 4 aromatic heterocycles. The van der Waals surface area contributed by atoms with E-state index in [-0.39, 0.29) is 29.3 Å². The summed E-state index contributed by atoms with van der Waals surface area (Å²) in [6, 6.07) is 19.2. The number of carbonyl (C=O) groups is 2. The van der Waals surface area contributed by atoms with E-state index in [9.17, 15) is 14.1 Å². The molecule has 1 aromatic carbocycles. The van der Waals surface area contributed by atoms with E-state index >= 15 is 0 Å². The van der Waals surface area contributed by atoms with Crippen LogP contribution in [0.5, 0.6) is 5.88 Å². The third-order valence-electron chi connectivity index (χ3n) is 11.0. The highest BCUT2D eigenvalue weighted by Gasteiger charge is 2.39. The van der Waals surface area contributed by atoms with Crippen molar-refractivity contribution in [3.05, 3.63) is 83.2 Å². The lowest BCUT2D eigenvalue weighted by Gasteiger charge is -2.33. The second-order valence-electron chi connectivity index (χ2n) is 16.4. The summed E-state index contributed by atoms with van der Waals surface area (Å²) in [6.07, 6.45) is 5.58. The summed E-state index contributed by atoms with van der Waals surface area (Å²) in [5.74, 6) is 1.37. The van der Waals surface area contributed by atoms with E-state index in [4.69, 9.17) is 19.4 Å². The summed E-state index contributed by atoms with van der Waals surface area (Å²) in [6.45, 7) is 9.99. The zero-order valence-corrected chi connectivity index (χ0v) is 33.2. The molecule has 13 heteroatoms. The first kappa shape index (κ1) is 37.3. The lowest BCUT2D eigenvalue weighted by molar-refractivity contribution is 0.0682. The van der Waals surface area contributed by atoms with Crippen LogP contribution in [-0.2, 0) is 29.3 Å². The van der Waals surface area contributed by atoms with Gasteiger partial charge in [-0.2, -0.15) is 0 Å². The molecule has 0 radical (unpaired) electrons. The molecule has 2 saturated carbocycles. The third-order valence-corrected chi connectivity index (χ3v) is 12.5. The highest BCUT2D eigenvalue weighted by molar-refractivity contribution is 7.90. The molecule has 8 rings (SSSR count). The number of rotatable bonds is 12. The maximum Gasteiger partial charge on any atom is 0.407 e. The van der Waals surface area contributed by atoms with Crippen LogP contribution in [0.3, 0.4) is 0 Å². The Morgan fingerprint density at radius 3 is 2.51 bits per heavy atom. The van der Waals surface area contributed by atoms with Gasteiger partial charge in [0.1, 0.15) is 28.3 Å². The summed E-state index contributed by atoms with van der Waals surface area (Å²) in [5, 5.41) is 3.98. The second-order valence-corrected chi connectivity index (χ2v) is 18.4. The fourth-order valence-electron chi connectivity index (χ4n) is 7.56. The molecule has 2 aliphatic carbocycles. The molecule has 5 aromatic rings. The van der Waals surface area contributed by atoms with Gasteiger partial charge in [-0.1, -0.05) is 30.3 Å². The maximum absolute atomic E-state index is 14.0. The minimum atomic E-state index is -1.22. The molecule has 0 bridgehead atoms. The lowest BCUT2D eigenvalue weighted by Crippen LogP contribution is -2.49. The predicted molar refractivity (Wildman–Crippen MR) is 213 cm³/mol. The zero-order chi connectivity index (χ0) is 38.4. The van der Waals surface area contributed by atoms with Gasteiger partial charge < -0.3 is 28.8 Å². The number of ether oxygens (including phenoxy) is 2. The quantitative estimate of drug-likeness (QED) is 0.128. The summed E-state index contributed by atoms with van der Waals surface area (Å²) >= 11 is -1.22. The van der Waals surface area contributed by atoms with E-state index in [1.165, 1.54) is 12.8 Å². The number of aryl methyl sites for hydroxylation is 1. The molecule has 1 saturated heterocycles. The molecular weight excluding hydrogens is 715 g/mol. The molecule has 2 amide bonds. The molecular formula is C42H51N7O5S. The number of aromatic nitrogens is 4. The number of alkyl carbamates (subject to hydrolysis) is 1. The van der Waals surface area contributed by atoms with Crippen LogP contribution in [-0.4, -0.2) is 71.4 Å². The Kier molecular flexibility index (Phi) is 10.3. The van der Waals surface area contributed by atoms with Crippen LogP contribution in [0.25, 0.3) is 28.1 Å². The molecule has 3 fully saturated rings. The van der Waals surface area contributed by atoms with Crippen molar-refractivity contribution in [1.82, 2.24) is 33.9 Å². The van der Waals surface area contributed by atoms with Crippen LogP contribution in [0.1, 0.15) is 92.6 Å². The van der Waals surface area contributed by atoms with Crippen LogP contribution < -0.4 is 14.8 Å². The minimum absolute atomic E-state index is 0.0752. The SMILES string of the molecule is COc1cc(C(=O)N2CCC[C@@H](NC(=O)OCc3ccccc3)C2)cc2nc(-c3cc4ccc(C(N[S@+]([O-])C(C)(C)C)C5CC5)nc4n3CC3CC3)c(C)n12. The number of hydrogen-bond donors (Lipinski definition) is 2. The average molecular weight is 766 g/mol. The van der Waals surface area contributed by atoms with E-state index < -0.39 is 17.5 Å². The number of likely N-dealkylation sites (tertiary alicyclic amines) is 1. The third kappa shape index (κ3) is 8.06. The smallest absolute Gasteiger partial charge is 0.407 e. The normalized spacial score (nSPS) is 18.7. The van der Waals surface area contributed by atoms with Crippen molar-refractivity contribution in [1.29, 1.82) is 0 Å². The summed E-state index contributed by atoms with van der Waals surface area (Å²) in [4.78, 5) is 38.9. The van der Waals surface area contributed by atoms with Crippen LogP contribution >= 0.6 is 0 Å². The fraction of sp³-hybridized carbons (Fsp3) is 0.476. The van der Waals surface area contributed by atoms with Crippen LogP contribution in [0.2, 0.25) is 0 Å². The number of pyridine rings is 2. The summed E-state index contributed by atoms with van der Waals surface area (Å²) in [5.41, 5.74) is 6.52. The number of piperidine rings is 1. The van der Waals surface area contributed by atoms with Gasteiger partial charge in [0.05, 0.1) is 30.2 Å². The largest absolute Gasteiger partial charge is 0.598 e. The molecule has 0 spiro atoms. The first-order valence-corrected chi connectivity index (χ1v) is 20.6. The Bertz CT molecular complexity index is 2200. The van der Waals surface area contributed by atoms with Crippen molar-refractivity contribution in [2.75, 3.05) is 20.2 Å². The zero-order valence-electron chi connectivity index (χ0n) is 32.3. The number of amides is 2. The van der Waals surface area contributed by atoms with Crippen molar-refractivity contribution >= 4 is 40.0 Å². The Morgan fingerprint density at radius 1 is 1.02 bits per heavy atom. The van der Waals surface area contributed by atoms with Crippen molar-refractivity contribution in [3.63, 3.8) is 0 Å². The van der Waals surface area contributed by atoms with E-state index in [1.54, 1.807) is 18.1 Å². The minimum Gasteiger partial charge on any atom is -0.598 e. The van der Waals surface area contributed by atoms with Gasteiger partial charge in [0, 0.05) is 54.1 Å². The number of hydrogen-bond acceptors (Lipinski definition) is 8. The standard InChI is InChI=1S/C42H51N7O5S/c1-26-37(34-20-30-17-18-33(44-39(30)48(34)23-27-13-14-27)38(29-15-16-29)46-55(52)42(2,3)4)45-35-21-31(22-36(53-5)49(26)35)40(50)47-19-9-12-32(24-47)43-41(51)54-25-28-10-7-6-8-11-28/h6-8,10-11,17-18,20-22,27,29,32,38,46H,9,12-16,19,23-25H2,1-5H3,(H,43,51)/t32-,38?,55-/m1/s1. The highest BCUT2D eigenvalue weighted by Crippen LogP contribution is 2.43. The van der Waals surface area contributed by atoms with Crippen molar-refractivity contribution in [3.8, 4) is 17.3 Å². The van der Waals surface area contributed by atoms with Gasteiger partial charge in [-0.15, -0.1) is 4.72 Å². The van der Waals surface area contributed by atoms with E-state index in [2.05, 4.69) is 32.8 Å². The molecule has 3 aliphatic rings. The molecule has 1 unspecified atom stereocenters. The Morgan fingerprint density at radius 2 is 1.80 bits per heavy atom. The van der Waals surface area contributed by atoms with Gasteiger partial charge in [0.25, 0.3) is 5.91 Å². The number of nitrogens with one attached hydrogen (secondary N) is 2. The van der Waals surface area contributed by atoms with Crippen LogP contribution in [0, 0.1) is 18.8 Å². The van der Waals surface area contributed by atoms with Gasteiger partial charge in [-0.3, -0.25) is 9.20 Å². The number of nitrogens with zero attached hydrogens (tertiary/aromatic N) is 5.